The molecule has 0 aliphatic rings. The van der Waals surface area contributed by atoms with Crippen LogP contribution in [0.25, 0.3) is 0 Å². The molecule has 0 unspecified atom stereocenters. The van der Waals surface area contributed by atoms with Gasteiger partial charge < -0.3 is 4.74 Å². The molecule has 6 heteroatoms. The second kappa shape index (κ2) is 6.91. The van der Waals surface area contributed by atoms with Gasteiger partial charge in [0.25, 0.3) is 0 Å². The monoisotopic (exact) mass is 353 g/mol. The van der Waals surface area contributed by atoms with Gasteiger partial charge in [0.15, 0.2) is 0 Å². The Morgan fingerprint density at radius 2 is 1.70 bits per heavy atom. The Morgan fingerprint density at radius 1 is 1.09 bits per heavy atom. The zero-order valence-corrected chi connectivity index (χ0v) is 15.2. The molecule has 0 amide bonds. The summed E-state index contributed by atoms with van der Waals surface area (Å²) in [6.07, 6.45) is 0. The zero-order valence-electron chi connectivity index (χ0n) is 13.6. The first-order chi connectivity index (χ1) is 10.8. The number of nitrogens with one attached hydrogen (secondary N) is 1. The van der Waals surface area contributed by atoms with E-state index in [1.165, 1.54) is 0 Å². The van der Waals surface area contributed by atoms with Gasteiger partial charge in [-0.05, 0) is 61.2 Å². The normalized spacial score (nSPS) is 11.5. The van der Waals surface area contributed by atoms with Crippen LogP contribution in [0.15, 0.2) is 35.2 Å². The number of methoxy groups -OCH3 is 1. The Bertz CT molecular complexity index is 815. The van der Waals surface area contributed by atoms with Crippen LogP contribution in [0.1, 0.15) is 22.3 Å². The number of benzene rings is 2. The summed E-state index contributed by atoms with van der Waals surface area (Å²) < 4.78 is 33.3. The van der Waals surface area contributed by atoms with Crippen molar-refractivity contribution in [3.63, 3.8) is 0 Å². The predicted molar refractivity (Wildman–Crippen MR) is 92.7 cm³/mol. The van der Waals surface area contributed by atoms with Crippen molar-refractivity contribution in [2.45, 2.75) is 32.2 Å². The van der Waals surface area contributed by atoms with Gasteiger partial charge in [0.05, 0.1) is 12.0 Å². The fourth-order valence-electron chi connectivity index (χ4n) is 2.50. The largest absolute Gasteiger partial charge is 0.496 e. The first kappa shape index (κ1) is 17.8. The van der Waals surface area contributed by atoms with Crippen molar-refractivity contribution in [3.05, 3.63) is 57.6 Å². The lowest BCUT2D eigenvalue weighted by Crippen LogP contribution is -2.25. The van der Waals surface area contributed by atoms with Gasteiger partial charge in [-0.2, -0.15) is 0 Å². The number of ether oxygens (including phenoxy) is 1. The van der Waals surface area contributed by atoms with Crippen LogP contribution in [0.2, 0.25) is 5.02 Å². The van der Waals surface area contributed by atoms with Crippen molar-refractivity contribution >= 4 is 21.6 Å². The number of aryl methyl sites for hydroxylation is 1. The summed E-state index contributed by atoms with van der Waals surface area (Å²) in [6.45, 7) is 5.63. The second-order valence-electron chi connectivity index (χ2n) is 5.43. The van der Waals surface area contributed by atoms with E-state index in [9.17, 15) is 8.42 Å². The summed E-state index contributed by atoms with van der Waals surface area (Å²) in [5.74, 6) is 0.691. The average Bonchev–Trinajstić information content (AvgIpc) is 2.50. The van der Waals surface area contributed by atoms with Crippen molar-refractivity contribution in [2.24, 2.45) is 0 Å². The van der Waals surface area contributed by atoms with Crippen molar-refractivity contribution in [2.75, 3.05) is 7.11 Å². The molecular weight excluding hydrogens is 334 g/mol. The van der Waals surface area contributed by atoms with Gasteiger partial charge in [0.2, 0.25) is 10.0 Å². The molecular formula is C17H20ClNO3S. The lowest BCUT2D eigenvalue weighted by atomic mass is 10.1. The molecule has 0 aliphatic heterocycles. The van der Waals surface area contributed by atoms with Crippen LogP contribution >= 0.6 is 11.6 Å². The molecule has 0 saturated heterocycles. The topological polar surface area (TPSA) is 55.4 Å². The second-order valence-corrected chi connectivity index (χ2v) is 7.57. The van der Waals surface area contributed by atoms with Crippen LogP contribution in [0.3, 0.4) is 0 Å². The molecule has 0 heterocycles. The third-order valence-corrected chi connectivity index (χ3v) is 5.79. The van der Waals surface area contributed by atoms with Crippen molar-refractivity contribution in [1.29, 1.82) is 0 Å². The Kier molecular flexibility index (Phi) is 5.34. The highest BCUT2D eigenvalue weighted by atomic mass is 35.5. The molecule has 124 valence electrons. The Balaban J connectivity index is 2.33. The zero-order chi connectivity index (χ0) is 17.2. The van der Waals surface area contributed by atoms with Gasteiger partial charge in [0.1, 0.15) is 5.75 Å². The van der Waals surface area contributed by atoms with Crippen LogP contribution in [-0.2, 0) is 16.6 Å². The summed E-state index contributed by atoms with van der Waals surface area (Å²) in [4.78, 5) is 0.310. The SMILES string of the molecule is COc1cc(C)c(S(=O)(=O)NCc2ccc(Cl)cc2)c(C)c1C. The standard InChI is InChI=1S/C17H20ClNO3S/c1-11-9-16(22-4)12(2)13(3)17(11)23(20,21)19-10-14-5-7-15(18)8-6-14/h5-9,19H,10H2,1-4H3. The molecule has 0 aliphatic carbocycles. The van der Waals surface area contributed by atoms with Gasteiger partial charge in [-0.25, -0.2) is 13.1 Å². The van der Waals surface area contributed by atoms with E-state index in [4.69, 9.17) is 16.3 Å². The molecule has 0 spiro atoms. The number of rotatable bonds is 5. The van der Waals surface area contributed by atoms with E-state index in [2.05, 4.69) is 4.72 Å². The summed E-state index contributed by atoms with van der Waals surface area (Å²) in [6, 6.07) is 8.81. The molecule has 2 aromatic rings. The smallest absolute Gasteiger partial charge is 0.241 e. The van der Waals surface area contributed by atoms with E-state index in [1.54, 1.807) is 51.3 Å². The fourth-order valence-corrected chi connectivity index (χ4v) is 4.17. The Hall–Kier alpha value is -1.56. The van der Waals surface area contributed by atoms with E-state index in [0.717, 1.165) is 11.1 Å². The highest BCUT2D eigenvalue weighted by Gasteiger charge is 2.22. The lowest BCUT2D eigenvalue weighted by molar-refractivity contribution is 0.410. The van der Waals surface area contributed by atoms with Gasteiger partial charge in [-0.3, -0.25) is 0 Å². The number of halogens is 1. The molecule has 4 nitrogen and oxygen atoms in total. The van der Waals surface area contributed by atoms with E-state index >= 15 is 0 Å². The van der Waals surface area contributed by atoms with Crippen LogP contribution in [-0.4, -0.2) is 15.5 Å². The maximum Gasteiger partial charge on any atom is 0.241 e. The quantitative estimate of drug-likeness (QED) is 0.890. The number of sulfonamides is 1. The summed E-state index contributed by atoms with van der Waals surface area (Å²) in [5.41, 5.74) is 3.03. The first-order valence-electron chi connectivity index (χ1n) is 7.15. The molecule has 0 aromatic heterocycles. The average molecular weight is 354 g/mol. The molecule has 23 heavy (non-hydrogen) atoms. The molecule has 2 rings (SSSR count). The first-order valence-corrected chi connectivity index (χ1v) is 9.01. The van der Waals surface area contributed by atoms with Crippen molar-refractivity contribution in [3.8, 4) is 5.75 Å². The molecule has 0 saturated carbocycles. The minimum Gasteiger partial charge on any atom is -0.496 e. The van der Waals surface area contributed by atoms with Crippen molar-refractivity contribution < 1.29 is 13.2 Å². The number of hydrogen-bond donors (Lipinski definition) is 1. The van der Waals surface area contributed by atoms with E-state index < -0.39 is 10.0 Å². The van der Waals surface area contributed by atoms with Gasteiger partial charge in [0, 0.05) is 11.6 Å². The highest BCUT2D eigenvalue weighted by Crippen LogP contribution is 2.30. The number of hydrogen-bond acceptors (Lipinski definition) is 3. The minimum atomic E-state index is -3.62. The minimum absolute atomic E-state index is 0.212. The van der Waals surface area contributed by atoms with Crippen LogP contribution < -0.4 is 9.46 Å². The summed E-state index contributed by atoms with van der Waals surface area (Å²) >= 11 is 5.83. The molecule has 2 aromatic carbocycles. The highest BCUT2D eigenvalue weighted by molar-refractivity contribution is 7.89. The fraction of sp³-hybridized carbons (Fsp3) is 0.294. The predicted octanol–water partition coefficient (Wildman–Crippen LogP) is 3.75. The molecule has 0 radical (unpaired) electrons. The van der Waals surface area contributed by atoms with E-state index in [-0.39, 0.29) is 6.54 Å². The lowest BCUT2D eigenvalue weighted by Gasteiger charge is -2.16. The summed E-state index contributed by atoms with van der Waals surface area (Å²) in [7, 11) is -2.04. The van der Waals surface area contributed by atoms with Crippen LogP contribution in [0.5, 0.6) is 5.75 Å². The van der Waals surface area contributed by atoms with Crippen LogP contribution in [0, 0.1) is 20.8 Å². The maximum atomic E-state index is 12.7. The third-order valence-electron chi connectivity index (χ3n) is 3.85. The van der Waals surface area contributed by atoms with Crippen LogP contribution in [0.4, 0.5) is 0 Å². The van der Waals surface area contributed by atoms with E-state index in [0.29, 0.717) is 26.8 Å². The van der Waals surface area contributed by atoms with Gasteiger partial charge >= 0.3 is 0 Å². The molecule has 0 bridgehead atoms. The third kappa shape index (κ3) is 3.86. The van der Waals surface area contributed by atoms with E-state index in [1.807, 2.05) is 6.92 Å². The van der Waals surface area contributed by atoms with Gasteiger partial charge in [-0.15, -0.1) is 0 Å². The maximum absolute atomic E-state index is 12.7. The summed E-state index contributed by atoms with van der Waals surface area (Å²) in [5, 5.41) is 0.620. The molecule has 0 atom stereocenters. The van der Waals surface area contributed by atoms with Gasteiger partial charge in [-0.1, -0.05) is 23.7 Å². The molecule has 1 N–H and O–H groups in total. The molecule has 0 fully saturated rings. The Labute approximate surface area is 142 Å². The Morgan fingerprint density at radius 3 is 2.26 bits per heavy atom. The van der Waals surface area contributed by atoms with Crippen molar-refractivity contribution in [1.82, 2.24) is 4.72 Å².